The van der Waals surface area contributed by atoms with Crippen molar-refractivity contribution in [2.24, 2.45) is 11.5 Å². The third-order valence-electron chi connectivity index (χ3n) is 4.81. The van der Waals surface area contributed by atoms with Gasteiger partial charge < -0.3 is 22.1 Å². The summed E-state index contributed by atoms with van der Waals surface area (Å²) in [5.41, 5.74) is 9.06. The van der Waals surface area contributed by atoms with Crippen LogP contribution in [0.5, 0.6) is 0 Å². The lowest BCUT2D eigenvalue weighted by molar-refractivity contribution is 0.0909. The quantitative estimate of drug-likeness (QED) is 0.312. The third-order valence-corrected chi connectivity index (χ3v) is 4.81. The van der Waals surface area contributed by atoms with Gasteiger partial charge in [-0.15, -0.1) is 0 Å². The van der Waals surface area contributed by atoms with E-state index >= 15 is 0 Å². The lowest BCUT2D eigenvalue weighted by atomic mass is 9.86. The van der Waals surface area contributed by atoms with Gasteiger partial charge in [-0.1, -0.05) is 54.6 Å². The van der Waals surface area contributed by atoms with Crippen molar-refractivity contribution >= 4 is 29.4 Å². The van der Waals surface area contributed by atoms with Crippen LogP contribution in [0.1, 0.15) is 71.2 Å². The fraction of sp³-hybridized carbons (Fsp3) is 0.160. The Kier molecular flexibility index (Phi) is 9.01. The molecule has 0 radical (unpaired) electrons. The molecule has 9 nitrogen and oxygen atoms in total. The molecule has 2 rings (SSSR count). The predicted octanol–water partition coefficient (Wildman–Crippen LogP) is 1.73. The van der Waals surface area contributed by atoms with E-state index < -0.39 is 46.1 Å². The van der Waals surface area contributed by atoms with Crippen molar-refractivity contribution < 1.29 is 24.0 Å². The standard InChI is InChI=1S/C25H26N4O5/c1-3-5-12-28-24(33)19-16(21(30)15-10-8-7-9-11-15)14-17(22(26)31)18(23(27)32)20(19)25(34)29-13-6-4-2/h3-11,14H,12-13H2,1-2H3,(H2,26,31)(H2,27,32)(H,28,33)(H,29,34). The second kappa shape index (κ2) is 11.9. The van der Waals surface area contributed by atoms with E-state index in [2.05, 4.69) is 10.6 Å². The first kappa shape index (κ1) is 25.7. The Bertz CT molecular complexity index is 1180. The summed E-state index contributed by atoms with van der Waals surface area (Å²) in [6, 6.07) is 9.01. The van der Waals surface area contributed by atoms with Crippen molar-refractivity contribution in [3.63, 3.8) is 0 Å². The molecule has 2 aromatic carbocycles. The van der Waals surface area contributed by atoms with E-state index in [1.807, 2.05) is 0 Å². The Morgan fingerprint density at radius 1 is 0.735 bits per heavy atom. The summed E-state index contributed by atoms with van der Waals surface area (Å²) in [6.45, 7) is 3.66. The average molecular weight is 463 g/mol. The van der Waals surface area contributed by atoms with Crippen LogP contribution in [0, 0.1) is 0 Å². The van der Waals surface area contributed by atoms with Crippen LogP contribution in [0.4, 0.5) is 0 Å². The van der Waals surface area contributed by atoms with Gasteiger partial charge in [0.05, 0.1) is 22.3 Å². The average Bonchev–Trinajstić information content (AvgIpc) is 2.82. The van der Waals surface area contributed by atoms with Gasteiger partial charge in [0.1, 0.15) is 0 Å². The van der Waals surface area contributed by atoms with Gasteiger partial charge in [0.15, 0.2) is 5.78 Å². The monoisotopic (exact) mass is 462 g/mol. The lowest BCUT2D eigenvalue weighted by Crippen LogP contribution is -2.36. The number of rotatable bonds is 10. The van der Waals surface area contributed by atoms with Gasteiger partial charge in [0.25, 0.3) is 11.8 Å². The SMILES string of the molecule is CC=CCNC(=O)c1c(C(=O)c2ccccc2)cc(C(N)=O)c(C(N)=O)c1C(=O)NCC=CC. The topological polar surface area (TPSA) is 161 Å². The Labute approximate surface area is 196 Å². The van der Waals surface area contributed by atoms with Crippen molar-refractivity contribution in [1.29, 1.82) is 0 Å². The molecule has 0 unspecified atom stereocenters. The number of carbonyl (C=O) groups is 5. The van der Waals surface area contributed by atoms with Crippen molar-refractivity contribution in [1.82, 2.24) is 10.6 Å². The fourth-order valence-corrected chi connectivity index (χ4v) is 3.24. The number of carbonyl (C=O) groups excluding carboxylic acids is 5. The van der Waals surface area contributed by atoms with Crippen molar-refractivity contribution in [3.05, 3.63) is 94.1 Å². The molecule has 6 N–H and O–H groups in total. The number of primary amides is 2. The number of amides is 4. The number of hydrogen-bond donors (Lipinski definition) is 4. The maximum Gasteiger partial charge on any atom is 0.253 e. The Morgan fingerprint density at radius 2 is 1.26 bits per heavy atom. The second-order valence-corrected chi connectivity index (χ2v) is 7.08. The van der Waals surface area contributed by atoms with Crippen molar-refractivity contribution in [3.8, 4) is 0 Å². The molecule has 0 saturated carbocycles. The molecule has 0 spiro atoms. The number of nitrogens with one attached hydrogen (secondary N) is 2. The number of hydrogen-bond acceptors (Lipinski definition) is 5. The minimum absolute atomic E-state index is 0.0654. The summed E-state index contributed by atoms with van der Waals surface area (Å²) in [7, 11) is 0. The molecule has 4 amide bonds. The van der Waals surface area contributed by atoms with Gasteiger partial charge in [-0.05, 0) is 19.9 Å². The predicted molar refractivity (Wildman–Crippen MR) is 128 cm³/mol. The van der Waals surface area contributed by atoms with Crippen LogP contribution in [0.3, 0.4) is 0 Å². The summed E-state index contributed by atoms with van der Waals surface area (Å²) < 4.78 is 0. The zero-order valence-corrected chi connectivity index (χ0v) is 18.9. The normalized spacial score (nSPS) is 10.9. The van der Waals surface area contributed by atoms with Gasteiger partial charge in [0, 0.05) is 24.2 Å². The molecule has 2 aromatic rings. The van der Waals surface area contributed by atoms with Crippen LogP contribution in [0.25, 0.3) is 0 Å². The largest absolute Gasteiger partial charge is 0.366 e. The summed E-state index contributed by atoms with van der Waals surface area (Å²) in [5.74, 6) is -4.54. The number of benzene rings is 2. The molecule has 0 bridgehead atoms. The molecule has 0 aromatic heterocycles. The molecule has 0 heterocycles. The molecule has 176 valence electrons. The van der Waals surface area contributed by atoms with E-state index in [1.54, 1.807) is 56.4 Å². The molecule has 9 heteroatoms. The van der Waals surface area contributed by atoms with Gasteiger partial charge in [-0.25, -0.2) is 0 Å². The molecular weight excluding hydrogens is 436 g/mol. The van der Waals surface area contributed by atoms with Crippen LogP contribution in [0.15, 0.2) is 60.7 Å². The van der Waals surface area contributed by atoms with Crippen LogP contribution in [-0.4, -0.2) is 42.5 Å². The minimum Gasteiger partial charge on any atom is -0.366 e. The molecule has 34 heavy (non-hydrogen) atoms. The Morgan fingerprint density at radius 3 is 1.74 bits per heavy atom. The van der Waals surface area contributed by atoms with Gasteiger partial charge in [-0.3, -0.25) is 24.0 Å². The molecule has 0 atom stereocenters. The van der Waals surface area contributed by atoms with Crippen LogP contribution >= 0.6 is 0 Å². The number of allylic oxidation sites excluding steroid dienone is 2. The zero-order chi connectivity index (χ0) is 25.3. The highest BCUT2D eigenvalue weighted by Crippen LogP contribution is 2.26. The Hall–Kier alpha value is -4.53. The first-order chi connectivity index (χ1) is 16.2. The van der Waals surface area contributed by atoms with E-state index in [4.69, 9.17) is 11.5 Å². The summed E-state index contributed by atoms with van der Waals surface area (Å²) in [4.78, 5) is 64.4. The van der Waals surface area contributed by atoms with Crippen LogP contribution in [-0.2, 0) is 0 Å². The number of nitrogens with two attached hydrogens (primary N) is 2. The summed E-state index contributed by atoms with van der Waals surface area (Å²) in [5, 5.41) is 5.12. The molecule has 0 aliphatic rings. The highest BCUT2D eigenvalue weighted by molar-refractivity contribution is 6.24. The Balaban J connectivity index is 2.92. The molecule has 0 saturated heterocycles. The van der Waals surface area contributed by atoms with Crippen LogP contribution in [0.2, 0.25) is 0 Å². The zero-order valence-electron chi connectivity index (χ0n) is 18.9. The van der Waals surface area contributed by atoms with E-state index in [-0.39, 0.29) is 29.8 Å². The maximum absolute atomic E-state index is 13.4. The number of ketones is 1. The minimum atomic E-state index is -1.15. The smallest absolute Gasteiger partial charge is 0.253 e. The third kappa shape index (κ3) is 5.83. The van der Waals surface area contributed by atoms with E-state index in [0.29, 0.717) is 0 Å². The lowest BCUT2D eigenvalue weighted by Gasteiger charge is -2.19. The van der Waals surface area contributed by atoms with Crippen molar-refractivity contribution in [2.75, 3.05) is 13.1 Å². The van der Waals surface area contributed by atoms with E-state index in [1.165, 1.54) is 12.1 Å². The molecule has 0 aliphatic carbocycles. The highest BCUT2D eigenvalue weighted by Gasteiger charge is 2.33. The van der Waals surface area contributed by atoms with Gasteiger partial charge in [-0.2, -0.15) is 0 Å². The summed E-state index contributed by atoms with van der Waals surface area (Å²) >= 11 is 0. The maximum atomic E-state index is 13.4. The summed E-state index contributed by atoms with van der Waals surface area (Å²) in [6.07, 6.45) is 6.66. The fourth-order valence-electron chi connectivity index (χ4n) is 3.24. The van der Waals surface area contributed by atoms with Crippen LogP contribution < -0.4 is 22.1 Å². The van der Waals surface area contributed by atoms with Gasteiger partial charge in [0.2, 0.25) is 11.8 Å². The molecular formula is C25H26N4O5. The molecule has 0 aliphatic heterocycles. The van der Waals surface area contributed by atoms with Gasteiger partial charge >= 0.3 is 0 Å². The van der Waals surface area contributed by atoms with Crippen molar-refractivity contribution in [2.45, 2.75) is 13.8 Å². The highest BCUT2D eigenvalue weighted by atomic mass is 16.2. The van der Waals surface area contributed by atoms with E-state index in [0.717, 1.165) is 6.07 Å². The second-order valence-electron chi connectivity index (χ2n) is 7.08. The van der Waals surface area contributed by atoms with E-state index in [9.17, 15) is 24.0 Å². The first-order valence-corrected chi connectivity index (χ1v) is 10.4. The molecule has 0 fully saturated rings. The first-order valence-electron chi connectivity index (χ1n) is 10.4.